The van der Waals surface area contributed by atoms with Crippen molar-refractivity contribution in [3.8, 4) is 23.0 Å². The molecular formula is C58H34N4O2Si2. The molecule has 6 aliphatic rings. The van der Waals surface area contributed by atoms with Crippen LogP contribution >= 0.6 is 0 Å². The zero-order valence-corrected chi connectivity index (χ0v) is 37.2. The molecule has 16 rings (SSSR count). The van der Waals surface area contributed by atoms with Gasteiger partial charge in [0, 0.05) is 77.6 Å². The summed E-state index contributed by atoms with van der Waals surface area (Å²) in [5.74, 6) is 3.69. The van der Waals surface area contributed by atoms with E-state index in [2.05, 4.69) is 226 Å². The van der Waals surface area contributed by atoms with E-state index in [0.717, 1.165) is 67.9 Å². The van der Waals surface area contributed by atoms with Crippen molar-refractivity contribution in [1.82, 2.24) is 0 Å². The lowest BCUT2D eigenvalue weighted by Gasteiger charge is -2.48. The van der Waals surface area contributed by atoms with E-state index >= 15 is 0 Å². The minimum atomic E-state index is -1.64. The Morgan fingerprint density at radius 1 is 0.273 bits per heavy atom. The van der Waals surface area contributed by atoms with Crippen molar-refractivity contribution in [2.24, 2.45) is 0 Å². The second-order valence-corrected chi connectivity index (χ2v) is 22.1. The van der Waals surface area contributed by atoms with E-state index in [4.69, 9.17) is 9.47 Å². The minimum absolute atomic E-state index is 0.919. The van der Waals surface area contributed by atoms with Gasteiger partial charge in [0.2, 0.25) is 0 Å². The smallest absolute Gasteiger partial charge is 0.175 e. The van der Waals surface area contributed by atoms with Crippen molar-refractivity contribution in [3.05, 3.63) is 206 Å². The molecule has 0 fully saturated rings. The Hall–Kier alpha value is -8.31. The fourth-order valence-electron chi connectivity index (χ4n) is 11.8. The van der Waals surface area contributed by atoms with Gasteiger partial charge < -0.3 is 29.1 Å². The highest BCUT2D eigenvalue weighted by Crippen LogP contribution is 2.55. The van der Waals surface area contributed by atoms with Crippen LogP contribution in [-0.2, 0) is 0 Å². The van der Waals surface area contributed by atoms with E-state index in [9.17, 15) is 0 Å². The number of nitrogens with zero attached hydrogens (tertiary/aromatic N) is 4. The van der Waals surface area contributed by atoms with Crippen molar-refractivity contribution in [2.45, 2.75) is 0 Å². The second kappa shape index (κ2) is 12.7. The van der Waals surface area contributed by atoms with Gasteiger partial charge in [0.05, 0.1) is 16.8 Å². The average Bonchev–Trinajstić information content (AvgIpc) is 3.37. The second-order valence-electron chi connectivity index (χ2n) is 17.6. The molecule has 10 aromatic rings. The Balaban J connectivity index is 1.04. The van der Waals surface area contributed by atoms with Crippen LogP contribution in [0.25, 0.3) is 10.8 Å². The SMILES string of the molecule is c1ccc(N2c3cccc4c3[Si]3c5c2cccc5N(c2ccccc2)c2cc5cc6c7c(c5c(c23)O4)Oc2cccc3c2[Si]7c2c(cccc2N6c2ccccc2)N3c2ccccc2)cc1. The summed E-state index contributed by atoms with van der Waals surface area (Å²) in [4.78, 5) is 9.89. The summed E-state index contributed by atoms with van der Waals surface area (Å²) in [5.41, 5.74) is 14.1. The van der Waals surface area contributed by atoms with Gasteiger partial charge in [0.1, 0.15) is 23.0 Å². The molecule has 0 unspecified atom stereocenters. The molecule has 6 aliphatic heterocycles. The maximum absolute atomic E-state index is 7.58. The first-order valence-corrected chi connectivity index (χ1v) is 25.5. The Morgan fingerprint density at radius 3 is 0.924 bits per heavy atom. The van der Waals surface area contributed by atoms with Crippen LogP contribution in [0, 0.1) is 0 Å². The summed E-state index contributed by atoms with van der Waals surface area (Å²) in [6.07, 6.45) is 0. The van der Waals surface area contributed by atoms with Crippen LogP contribution in [0.15, 0.2) is 206 Å². The standard InChI is InChI=1S/C58H34N4O2Si2/c1-5-17-36(18-6-1)59-40-25-13-27-42-53(40)65-55-44(59)29-15-31-48(55)63-51-50-35(33-46(57(51)65)61(42)38-21-9-3-10-22-38)34-47-58-52(50)64-49-32-16-30-45-56(49)66(58)54-41(60(45)37-19-7-2-8-20-37)26-14-28-43(54)62(47)39-23-11-4-12-24-39/h1-34H. The first-order chi connectivity index (χ1) is 32.8. The third kappa shape index (κ3) is 4.35. The monoisotopic (exact) mass is 874 g/mol. The molecule has 0 saturated carbocycles. The van der Waals surface area contributed by atoms with E-state index in [0.29, 0.717) is 0 Å². The molecule has 66 heavy (non-hydrogen) atoms. The summed E-state index contributed by atoms with van der Waals surface area (Å²) >= 11 is 0. The van der Waals surface area contributed by atoms with Gasteiger partial charge in [0.25, 0.3) is 0 Å². The molecule has 0 bridgehead atoms. The van der Waals surface area contributed by atoms with Gasteiger partial charge in [-0.05, 0) is 125 Å². The van der Waals surface area contributed by atoms with Gasteiger partial charge >= 0.3 is 0 Å². The molecular weight excluding hydrogens is 841 g/mol. The molecule has 0 aliphatic carbocycles. The van der Waals surface area contributed by atoms with Crippen LogP contribution in [0.3, 0.4) is 0 Å². The minimum Gasteiger partial charge on any atom is -0.457 e. The summed E-state index contributed by atoms with van der Waals surface area (Å²) in [7, 11) is -3.28. The summed E-state index contributed by atoms with van der Waals surface area (Å²) in [6.45, 7) is 0. The molecule has 306 valence electrons. The van der Waals surface area contributed by atoms with Crippen LogP contribution in [0.1, 0.15) is 0 Å². The summed E-state index contributed by atoms with van der Waals surface area (Å²) in [5, 5.41) is 10.0. The molecule has 10 aromatic carbocycles. The molecule has 0 aromatic heterocycles. The Labute approximate surface area is 384 Å². The van der Waals surface area contributed by atoms with Crippen molar-refractivity contribution in [2.75, 3.05) is 19.6 Å². The summed E-state index contributed by atoms with van der Waals surface area (Å²) in [6, 6.07) is 75.3. The average molecular weight is 875 g/mol. The number of rotatable bonds is 4. The highest BCUT2D eigenvalue weighted by molar-refractivity contribution is 7.03. The predicted molar refractivity (Wildman–Crippen MR) is 272 cm³/mol. The van der Waals surface area contributed by atoms with E-state index in [1.807, 2.05) is 0 Å². The topological polar surface area (TPSA) is 31.4 Å². The van der Waals surface area contributed by atoms with Gasteiger partial charge in [-0.2, -0.15) is 0 Å². The Bertz CT molecular complexity index is 3520. The van der Waals surface area contributed by atoms with Crippen LogP contribution in [0.4, 0.5) is 68.2 Å². The molecule has 8 heteroatoms. The quantitative estimate of drug-likeness (QED) is 0.164. The molecule has 0 atom stereocenters. The van der Waals surface area contributed by atoms with E-state index < -0.39 is 17.6 Å². The molecule has 0 N–H and O–H groups in total. The zero-order chi connectivity index (χ0) is 42.8. The van der Waals surface area contributed by atoms with Gasteiger partial charge in [-0.3, -0.25) is 0 Å². The van der Waals surface area contributed by atoms with Crippen LogP contribution in [-0.4, -0.2) is 17.6 Å². The van der Waals surface area contributed by atoms with E-state index in [-0.39, 0.29) is 0 Å². The van der Waals surface area contributed by atoms with Crippen molar-refractivity contribution in [1.29, 1.82) is 0 Å². The lowest BCUT2D eigenvalue weighted by atomic mass is 10.0. The number of fused-ring (bicyclic) bond motifs is 3. The number of hydrogen-bond acceptors (Lipinski definition) is 6. The fourth-order valence-corrected chi connectivity index (χ4v) is 18.5. The third-order valence-corrected chi connectivity index (χ3v) is 20.2. The van der Waals surface area contributed by atoms with Crippen molar-refractivity contribution >= 4 is 128 Å². The number of para-hydroxylation sites is 4. The zero-order valence-electron chi connectivity index (χ0n) is 35.2. The largest absolute Gasteiger partial charge is 0.457 e. The number of benzene rings is 10. The maximum Gasteiger partial charge on any atom is 0.175 e. The van der Waals surface area contributed by atoms with Crippen LogP contribution < -0.4 is 60.2 Å². The molecule has 0 saturated heterocycles. The van der Waals surface area contributed by atoms with Gasteiger partial charge in [0.15, 0.2) is 17.6 Å². The van der Waals surface area contributed by atoms with Crippen LogP contribution in [0.5, 0.6) is 23.0 Å². The third-order valence-electron chi connectivity index (χ3n) is 14.3. The molecule has 6 nitrogen and oxygen atoms in total. The first kappa shape index (κ1) is 35.1. The molecule has 0 spiro atoms. The number of ether oxygens (including phenoxy) is 2. The Morgan fingerprint density at radius 2 is 0.576 bits per heavy atom. The first-order valence-electron chi connectivity index (χ1n) is 22.5. The van der Waals surface area contributed by atoms with Crippen molar-refractivity contribution in [3.63, 3.8) is 0 Å². The normalized spacial score (nSPS) is 15.0. The lowest BCUT2D eigenvalue weighted by molar-refractivity contribution is 0.477. The fraction of sp³-hybridized carbons (Fsp3) is 0. The van der Waals surface area contributed by atoms with Gasteiger partial charge in [-0.1, -0.05) is 97.1 Å². The predicted octanol–water partition coefficient (Wildman–Crippen LogP) is 11.2. The van der Waals surface area contributed by atoms with E-state index in [1.165, 1.54) is 65.2 Å². The Kier molecular flexibility index (Phi) is 6.75. The molecule has 6 heterocycles. The molecule has 2 radical (unpaired) electrons. The maximum atomic E-state index is 7.58. The number of hydrogen-bond donors (Lipinski definition) is 0. The van der Waals surface area contributed by atoms with E-state index in [1.54, 1.807) is 0 Å². The highest BCUT2D eigenvalue weighted by atomic mass is 28.3. The summed E-state index contributed by atoms with van der Waals surface area (Å²) < 4.78 is 15.2. The number of anilines is 12. The lowest BCUT2D eigenvalue weighted by Crippen LogP contribution is -2.64. The highest BCUT2D eigenvalue weighted by Gasteiger charge is 2.52. The van der Waals surface area contributed by atoms with Crippen LogP contribution in [0.2, 0.25) is 0 Å². The van der Waals surface area contributed by atoms with Crippen molar-refractivity contribution < 1.29 is 9.47 Å². The van der Waals surface area contributed by atoms with Gasteiger partial charge in [-0.15, -0.1) is 0 Å². The van der Waals surface area contributed by atoms with Gasteiger partial charge in [-0.25, -0.2) is 0 Å². The molecule has 0 amide bonds.